The summed E-state index contributed by atoms with van der Waals surface area (Å²) in [6.45, 7) is 3.42. The second kappa shape index (κ2) is 5.70. The molecule has 0 bridgehead atoms. The van der Waals surface area contributed by atoms with Crippen LogP contribution in [0.4, 0.5) is 13.6 Å². The zero-order valence-electron chi connectivity index (χ0n) is 12.2. The topological polar surface area (TPSA) is 73.5 Å². The number of para-hydroxylation sites is 1. The number of carbonyl (C=O) groups is 1. The predicted octanol–water partition coefficient (Wildman–Crippen LogP) is 3.52. The van der Waals surface area contributed by atoms with E-state index >= 15 is 0 Å². The van der Waals surface area contributed by atoms with Crippen molar-refractivity contribution in [2.24, 2.45) is 0 Å². The van der Waals surface area contributed by atoms with Gasteiger partial charge in [-0.3, -0.25) is 4.57 Å². The molecule has 0 fully saturated rings. The lowest BCUT2D eigenvalue weighted by atomic mass is 10.0. The molecular weight excluding hydrogens is 322 g/mol. The van der Waals surface area contributed by atoms with Gasteiger partial charge in [0.2, 0.25) is 0 Å². The van der Waals surface area contributed by atoms with E-state index in [4.69, 9.17) is 4.74 Å². The molecule has 1 aromatic heterocycles. The monoisotopic (exact) mass is 332 g/mol. The van der Waals surface area contributed by atoms with E-state index in [1.165, 1.54) is 36.7 Å². The van der Waals surface area contributed by atoms with Gasteiger partial charge in [0.1, 0.15) is 12.7 Å². The van der Waals surface area contributed by atoms with Gasteiger partial charge in [-0.1, -0.05) is 24.8 Å². The quantitative estimate of drug-likeness (QED) is 0.804. The Kier molecular flexibility index (Phi) is 3.69. The second-order valence-corrected chi connectivity index (χ2v) is 4.77. The molecular formula is C16H10F2N2O4. The molecule has 0 spiro atoms. The highest BCUT2D eigenvalue weighted by Crippen LogP contribution is 2.47. The molecule has 1 aromatic carbocycles. The lowest BCUT2D eigenvalue weighted by Crippen LogP contribution is -2.26. The molecule has 0 N–H and O–H groups in total. The fraction of sp³-hybridized carbons (Fsp3) is 0.125. The van der Waals surface area contributed by atoms with Gasteiger partial charge in [0.25, 0.3) is 0 Å². The molecule has 0 saturated carbocycles. The first-order chi connectivity index (χ1) is 11.4. The maximum atomic E-state index is 13.3. The van der Waals surface area contributed by atoms with E-state index in [1.54, 1.807) is 0 Å². The van der Waals surface area contributed by atoms with E-state index in [9.17, 15) is 18.8 Å². The molecule has 1 aliphatic rings. The molecule has 2 heterocycles. The number of nitriles is 1. The summed E-state index contributed by atoms with van der Waals surface area (Å²) in [5.74, 6) is -0.348. The van der Waals surface area contributed by atoms with Crippen LogP contribution in [0.15, 0.2) is 43.2 Å². The average molecular weight is 332 g/mol. The number of hydrogen-bond donors (Lipinski definition) is 0. The number of carbonyl (C=O) groups excluding carboxylic acids is 1. The average Bonchev–Trinajstić information content (AvgIpc) is 3.11. The minimum atomic E-state index is -3.78. The number of fused-ring (bicyclic) bond motifs is 1. The van der Waals surface area contributed by atoms with Crippen molar-refractivity contribution in [1.82, 2.24) is 4.57 Å². The van der Waals surface area contributed by atoms with Crippen molar-refractivity contribution in [3.8, 4) is 28.7 Å². The van der Waals surface area contributed by atoms with Gasteiger partial charge >= 0.3 is 12.4 Å². The first-order valence-electron chi connectivity index (χ1n) is 6.74. The number of alkyl halides is 2. The zero-order valence-corrected chi connectivity index (χ0v) is 12.2. The van der Waals surface area contributed by atoms with Crippen LogP contribution in [-0.2, 0) is 4.74 Å². The van der Waals surface area contributed by atoms with Crippen molar-refractivity contribution in [2.45, 2.75) is 6.29 Å². The lowest BCUT2D eigenvalue weighted by molar-refractivity contribution is -0.286. The van der Waals surface area contributed by atoms with Crippen molar-refractivity contribution in [1.29, 1.82) is 5.26 Å². The number of halogens is 2. The molecule has 1 aliphatic heterocycles. The molecule has 0 atom stereocenters. The van der Waals surface area contributed by atoms with E-state index in [-0.39, 0.29) is 34.8 Å². The zero-order chi connectivity index (χ0) is 17.3. The summed E-state index contributed by atoms with van der Waals surface area (Å²) in [5.41, 5.74) is 0.542. The van der Waals surface area contributed by atoms with Gasteiger partial charge in [-0.25, -0.2) is 4.79 Å². The fourth-order valence-electron chi connectivity index (χ4n) is 2.25. The first-order valence-corrected chi connectivity index (χ1v) is 6.74. The Labute approximate surface area is 135 Å². The van der Waals surface area contributed by atoms with Crippen LogP contribution in [-0.4, -0.2) is 23.6 Å². The number of nitrogens with zero attached hydrogens (tertiary/aromatic N) is 2. The summed E-state index contributed by atoms with van der Waals surface area (Å²) in [7, 11) is 0. The Bertz CT molecular complexity index is 867. The van der Waals surface area contributed by atoms with E-state index in [0.717, 1.165) is 4.57 Å². The first kappa shape index (κ1) is 15.6. The van der Waals surface area contributed by atoms with E-state index < -0.39 is 12.4 Å². The maximum absolute atomic E-state index is 13.3. The van der Waals surface area contributed by atoms with Gasteiger partial charge in [0.05, 0.1) is 5.56 Å². The minimum absolute atomic E-state index is 0.00184. The highest BCUT2D eigenvalue weighted by molar-refractivity contribution is 5.82. The van der Waals surface area contributed by atoms with E-state index in [0.29, 0.717) is 0 Å². The molecule has 0 amide bonds. The molecule has 8 heteroatoms. The highest BCUT2D eigenvalue weighted by Gasteiger charge is 2.44. The largest absolute Gasteiger partial charge is 0.586 e. The number of hydrogen-bond acceptors (Lipinski definition) is 5. The maximum Gasteiger partial charge on any atom is 0.586 e. The Morgan fingerprint density at radius 1 is 1.38 bits per heavy atom. The third-order valence-corrected chi connectivity index (χ3v) is 3.20. The smallest absolute Gasteiger partial charge is 0.445 e. The summed E-state index contributed by atoms with van der Waals surface area (Å²) in [4.78, 5) is 11.9. The van der Waals surface area contributed by atoms with Gasteiger partial charge in [-0.2, -0.15) is 5.26 Å². The van der Waals surface area contributed by atoms with Crippen LogP contribution in [0.25, 0.3) is 11.1 Å². The predicted molar refractivity (Wildman–Crippen MR) is 77.7 cm³/mol. The van der Waals surface area contributed by atoms with E-state index in [1.807, 2.05) is 6.07 Å². The Balaban J connectivity index is 2.04. The summed E-state index contributed by atoms with van der Waals surface area (Å²) in [6, 6.07) is 6.19. The Morgan fingerprint density at radius 3 is 2.88 bits per heavy atom. The van der Waals surface area contributed by atoms with Crippen LogP contribution in [0.1, 0.15) is 5.56 Å². The van der Waals surface area contributed by atoms with Gasteiger partial charge in [0.15, 0.2) is 11.5 Å². The summed E-state index contributed by atoms with van der Waals surface area (Å²) >= 11 is 0. The van der Waals surface area contributed by atoms with Gasteiger partial charge in [0, 0.05) is 23.5 Å². The normalized spacial score (nSPS) is 14.0. The standard InChI is InChI=1S/C16H10F2N2O4/c1-2-6-22-15(21)20-8-10(7-19)12(9-20)11-4-3-5-13-14(11)24-16(17,18)23-13/h2-5,8-9H,1,6H2. The van der Waals surface area contributed by atoms with Crippen molar-refractivity contribution in [3.63, 3.8) is 0 Å². The SMILES string of the molecule is C=CCOC(=O)n1cc(C#N)c(-c2cccc3c2OC(F)(F)O3)c1. The molecule has 122 valence electrons. The summed E-state index contributed by atoms with van der Waals surface area (Å²) in [6.07, 6.45) is -0.567. The molecule has 3 rings (SSSR count). The van der Waals surface area contributed by atoms with Gasteiger partial charge < -0.3 is 14.2 Å². The summed E-state index contributed by atoms with van der Waals surface area (Å²) in [5, 5.41) is 9.25. The van der Waals surface area contributed by atoms with Crippen molar-refractivity contribution >= 4 is 6.09 Å². The molecule has 0 saturated heterocycles. The number of rotatable bonds is 3. The highest BCUT2D eigenvalue weighted by atomic mass is 19.3. The Hall–Kier alpha value is -3.34. The minimum Gasteiger partial charge on any atom is -0.445 e. The van der Waals surface area contributed by atoms with Crippen LogP contribution >= 0.6 is 0 Å². The molecule has 24 heavy (non-hydrogen) atoms. The Morgan fingerprint density at radius 2 is 2.17 bits per heavy atom. The molecule has 6 nitrogen and oxygen atoms in total. The molecule has 0 aliphatic carbocycles. The summed E-state index contributed by atoms with van der Waals surface area (Å²) < 4.78 is 41.4. The third kappa shape index (κ3) is 2.67. The third-order valence-electron chi connectivity index (χ3n) is 3.20. The number of benzene rings is 1. The van der Waals surface area contributed by atoms with Crippen LogP contribution in [0.3, 0.4) is 0 Å². The molecule has 0 unspecified atom stereocenters. The number of ether oxygens (including phenoxy) is 3. The number of aromatic nitrogens is 1. The lowest BCUT2D eigenvalue weighted by Gasteiger charge is -2.06. The van der Waals surface area contributed by atoms with Crippen LogP contribution in [0, 0.1) is 11.3 Å². The van der Waals surface area contributed by atoms with Crippen LogP contribution < -0.4 is 9.47 Å². The van der Waals surface area contributed by atoms with Gasteiger partial charge in [-0.05, 0) is 6.07 Å². The van der Waals surface area contributed by atoms with Gasteiger partial charge in [-0.15, -0.1) is 8.78 Å². The van der Waals surface area contributed by atoms with Crippen LogP contribution in [0.2, 0.25) is 0 Å². The molecule has 2 aromatic rings. The van der Waals surface area contributed by atoms with Crippen molar-refractivity contribution in [2.75, 3.05) is 6.61 Å². The second-order valence-electron chi connectivity index (χ2n) is 4.77. The van der Waals surface area contributed by atoms with Crippen molar-refractivity contribution < 1.29 is 27.8 Å². The molecule has 0 radical (unpaired) electrons. The van der Waals surface area contributed by atoms with Crippen LogP contribution in [0.5, 0.6) is 11.5 Å². The van der Waals surface area contributed by atoms with E-state index in [2.05, 4.69) is 16.1 Å². The van der Waals surface area contributed by atoms with Crippen molar-refractivity contribution in [3.05, 3.63) is 48.8 Å². The fourth-order valence-corrected chi connectivity index (χ4v) is 2.25.